The lowest BCUT2D eigenvalue weighted by molar-refractivity contribution is -0.135. The zero-order chi connectivity index (χ0) is 20.2. The van der Waals surface area contributed by atoms with Gasteiger partial charge in [0.1, 0.15) is 11.9 Å². The van der Waals surface area contributed by atoms with Gasteiger partial charge in [-0.05, 0) is 31.0 Å². The van der Waals surface area contributed by atoms with Crippen LogP contribution in [0.15, 0.2) is 54.9 Å². The molecule has 1 fully saturated rings. The van der Waals surface area contributed by atoms with E-state index in [2.05, 4.69) is 14.9 Å². The zero-order valence-corrected chi connectivity index (χ0v) is 16.1. The van der Waals surface area contributed by atoms with Gasteiger partial charge in [0.05, 0.1) is 17.4 Å². The van der Waals surface area contributed by atoms with Gasteiger partial charge in [-0.2, -0.15) is 0 Å². The van der Waals surface area contributed by atoms with Crippen molar-refractivity contribution in [2.24, 2.45) is 0 Å². The second-order valence-corrected chi connectivity index (χ2v) is 7.24. The normalized spacial score (nSPS) is 16.5. The van der Waals surface area contributed by atoms with Gasteiger partial charge in [0.2, 0.25) is 11.8 Å². The number of nitrogens with zero attached hydrogens (tertiary/aromatic N) is 3. The Morgan fingerprint density at radius 3 is 2.83 bits per heavy atom. The standard InChI is InChI=1S/C22H23FN4O2/c23-17-7-2-1-6-16(17)14-27-20(10-11-21(27)28)22(29)24-12-5-13-26-15-25-18-8-3-4-9-19(18)26/h1-4,6-9,15,20H,5,10-14H2,(H,24,29). The molecule has 1 unspecified atom stereocenters. The van der Waals surface area contributed by atoms with E-state index in [9.17, 15) is 14.0 Å². The topological polar surface area (TPSA) is 67.2 Å². The van der Waals surface area contributed by atoms with Gasteiger partial charge in [0.15, 0.2) is 0 Å². The monoisotopic (exact) mass is 394 g/mol. The Bertz CT molecular complexity index is 1030. The SMILES string of the molecule is O=C(NCCCn1cnc2ccccc21)C1CCC(=O)N1Cc1ccccc1F. The van der Waals surface area contributed by atoms with E-state index < -0.39 is 6.04 Å². The average Bonchev–Trinajstić information content (AvgIpc) is 3.31. The van der Waals surface area contributed by atoms with Crippen molar-refractivity contribution in [1.29, 1.82) is 0 Å². The Hall–Kier alpha value is -3.22. The quantitative estimate of drug-likeness (QED) is 0.627. The van der Waals surface area contributed by atoms with E-state index in [4.69, 9.17) is 0 Å². The van der Waals surface area contributed by atoms with Crippen molar-refractivity contribution in [3.8, 4) is 0 Å². The molecule has 0 saturated carbocycles. The summed E-state index contributed by atoms with van der Waals surface area (Å²) < 4.78 is 16.0. The summed E-state index contributed by atoms with van der Waals surface area (Å²) in [6, 6.07) is 13.7. The minimum absolute atomic E-state index is 0.113. The van der Waals surface area contributed by atoms with Crippen LogP contribution in [0.3, 0.4) is 0 Å². The van der Waals surface area contributed by atoms with Gasteiger partial charge in [-0.3, -0.25) is 9.59 Å². The number of carbonyl (C=O) groups excluding carboxylic acids is 2. The molecule has 0 bridgehead atoms. The van der Waals surface area contributed by atoms with E-state index in [-0.39, 0.29) is 24.2 Å². The molecule has 1 saturated heterocycles. The maximum absolute atomic E-state index is 13.9. The number of rotatable bonds is 7. The number of carbonyl (C=O) groups is 2. The average molecular weight is 394 g/mol. The first-order chi connectivity index (χ1) is 14.1. The number of nitrogens with one attached hydrogen (secondary N) is 1. The minimum Gasteiger partial charge on any atom is -0.354 e. The van der Waals surface area contributed by atoms with Crippen LogP contribution in [0.5, 0.6) is 0 Å². The predicted octanol–water partition coefficient (Wildman–Crippen LogP) is 2.87. The van der Waals surface area contributed by atoms with Gasteiger partial charge in [-0.15, -0.1) is 0 Å². The lowest BCUT2D eigenvalue weighted by atomic mass is 10.1. The highest BCUT2D eigenvalue weighted by molar-refractivity contribution is 5.90. The molecule has 2 amide bonds. The Morgan fingerprint density at radius 1 is 1.17 bits per heavy atom. The van der Waals surface area contributed by atoms with Crippen molar-refractivity contribution in [3.63, 3.8) is 0 Å². The summed E-state index contributed by atoms with van der Waals surface area (Å²) in [4.78, 5) is 30.7. The highest BCUT2D eigenvalue weighted by Gasteiger charge is 2.36. The number of amides is 2. The molecule has 7 heteroatoms. The number of fused-ring (bicyclic) bond motifs is 1. The molecular formula is C22H23FN4O2. The smallest absolute Gasteiger partial charge is 0.242 e. The van der Waals surface area contributed by atoms with Crippen molar-refractivity contribution in [2.75, 3.05) is 6.54 Å². The maximum atomic E-state index is 13.9. The fourth-order valence-corrected chi connectivity index (χ4v) is 3.78. The molecule has 1 atom stereocenters. The second kappa shape index (κ2) is 8.43. The molecule has 29 heavy (non-hydrogen) atoms. The molecule has 1 aromatic heterocycles. The lowest BCUT2D eigenvalue weighted by Gasteiger charge is -2.24. The highest BCUT2D eigenvalue weighted by atomic mass is 19.1. The molecule has 4 rings (SSSR count). The second-order valence-electron chi connectivity index (χ2n) is 7.24. The lowest BCUT2D eigenvalue weighted by Crippen LogP contribution is -2.44. The fourth-order valence-electron chi connectivity index (χ4n) is 3.78. The van der Waals surface area contributed by atoms with Crippen molar-refractivity contribution >= 4 is 22.8 Å². The van der Waals surface area contributed by atoms with Crippen molar-refractivity contribution < 1.29 is 14.0 Å². The van der Waals surface area contributed by atoms with E-state index in [1.807, 2.05) is 24.3 Å². The molecule has 0 radical (unpaired) electrons. The first-order valence-electron chi connectivity index (χ1n) is 9.84. The molecule has 1 aliphatic rings. The van der Waals surface area contributed by atoms with Gasteiger partial charge in [0, 0.05) is 31.6 Å². The van der Waals surface area contributed by atoms with Crippen LogP contribution in [0.25, 0.3) is 11.0 Å². The summed E-state index contributed by atoms with van der Waals surface area (Å²) in [5.41, 5.74) is 2.44. The van der Waals surface area contributed by atoms with Crippen LogP contribution >= 0.6 is 0 Å². The van der Waals surface area contributed by atoms with Crippen LogP contribution in [0.1, 0.15) is 24.8 Å². The number of likely N-dealkylation sites (tertiary alicyclic amines) is 1. The number of para-hydroxylation sites is 2. The molecule has 1 aliphatic heterocycles. The van der Waals surface area contributed by atoms with E-state index >= 15 is 0 Å². The Kier molecular flexibility index (Phi) is 5.55. The third-order valence-corrected chi connectivity index (χ3v) is 5.33. The molecule has 0 aliphatic carbocycles. The highest BCUT2D eigenvalue weighted by Crippen LogP contribution is 2.22. The largest absolute Gasteiger partial charge is 0.354 e. The molecule has 1 N–H and O–H groups in total. The molecular weight excluding hydrogens is 371 g/mol. The van der Waals surface area contributed by atoms with Crippen LogP contribution < -0.4 is 5.32 Å². The van der Waals surface area contributed by atoms with Crippen LogP contribution in [0, 0.1) is 5.82 Å². The third-order valence-electron chi connectivity index (χ3n) is 5.33. The van der Waals surface area contributed by atoms with Crippen molar-refractivity contribution in [3.05, 3.63) is 66.2 Å². The number of aromatic nitrogens is 2. The number of halogens is 1. The van der Waals surface area contributed by atoms with Gasteiger partial charge >= 0.3 is 0 Å². The predicted molar refractivity (Wildman–Crippen MR) is 107 cm³/mol. The van der Waals surface area contributed by atoms with E-state index in [1.165, 1.54) is 11.0 Å². The first kappa shape index (κ1) is 19.1. The van der Waals surface area contributed by atoms with Gasteiger partial charge in [-0.1, -0.05) is 30.3 Å². The summed E-state index contributed by atoms with van der Waals surface area (Å²) in [6.45, 7) is 1.36. The fraction of sp³-hybridized carbons (Fsp3) is 0.318. The molecule has 0 spiro atoms. The van der Waals surface area contributed by atoms with Gasteiger partial charge in [0.25, 0.3) is 0 Å². The number of benzene rings is 2. The number of hydrogen-bond donors (Lipinski definition) is 1. The number of imidazole rings is 1. The summed E-state index contributed by atoms with van der Waals surface area (Å²) in [5, 5.41) is 2.93. The van der Waals surface area contributed by atoms with Crippen LogP contribution in [-0.4, -0.2) is 38.9 Å². The van der Waals surface area contributed by atoms with E-state index in [0.29, 0.717) is 24.9 Å². The first-order valence-corrected chi connectivity index (χ1v) is 9.84. The van der Waals surface area contributed by atoms with Crippen molar-refractivity contribution in [2.45, 2.75) is 38.4 Å². The molecule has 6 nitrogen and oxygen atoms in total. The Morgan fingerprint density at radius 2 is 1.97 bits per heavy atom. The zero-order valence-electron chi connectivity index (χ0n) is 16.1. The third kappa shape index (κ3) is 4.13. The molecule has 150 valence electrons. The van der Waals surface area contributed by atoms with Crippen LogP contribution in [-0.2, 0) is 22.7 Å². The summed E-state index contributed by atoms with van der Waals surface area (Å²) >= 11 is 0. The molecule has 2 aromatic carbocycles. The summed E-state index contributed by atoms with van der Waals surface area (Å²) in [7, 11) is 0. The number of aryl methyl sites for hydroxylation is 1. The molecule has 2 heterocycles. The van der Waals surface area contributed by atoms with Gasteiger partial charge in [-0.25, -0.2) is 9.37 Å². The van der Waals surface area contributed by atoms with Crippen LogP contribution in [0.2, 0.25) is 0 Å². The van der Waals surface area contributed by atoms with Crippen molar-refractivity contribution in [1.82, 2.24) is 19.8 Å². The summed E-state index contributed by atoms with van der Waals surface area (Å²) in [5.74, 6) is -0.653. The van der Waals surface area contributed by atoms with E-state index in [0.717, 1.165) is 24.0 Å². The van der Waals surface area contributed by atoms with Crippen LogP contribution in [0.4, 0.5) is 4.39 Å². The maximum Gasteiger partial charge on any atom is 0.242 e. The summed E-state index contributed by atoms with van der Waals surface area (Å²) in [6.07, 6.45) is 3.33. The Labute approximate surface area is 168 Å². The minimum atomic E-state index is -0.545. The molecule has 3 aromatic rings. The van der Waals surface area contributed by atoms with E-state index in [1.54, 1.807) is 24.5 Å². The Balaban J connectivity index is 1.31. The number of hydrogen-bond acceptors (Lipinski definition) is 3. The van der Waals surface area contributed by atoms with Gasteiger partial charge < -0.3 is 14.8 Å².